The molecule has 0 atom stereocenters. The fourth-order valence-electron chi connectivity index (χ4n) is 3.51. The van der Waals surface area contributed by atoms with E-state index in [1.807, 2.05) is 17.9 Å². The Morgan fingerprint density at radius 2 is 1.84 bits per heavy atom. The first kappa shape index (κ1) is 21.3. The number of hydrogen-bond donors (Lipinski definition) is 0. The normalized spacial score (nSPS) is 14.6. The second-order valence-corrected chi connectivity index (χ2v) is 8.03. The van der Waals surface area contributed by atoms with Crippen LogP contribution < -0.4 is 4.74 Å². The van der Waals surface area contributed by atoms with E-state index in [0.717, 1.165) is 30.8 Å². The molecule has 6 nitrogen and oxygen atoms in total. The first-order valence-electron chi connectivity index (χ1n) is 10.2. The Hall–Kier alpha value is -2.90. The van der Waals surface area contributed by atoms with Crippen molar-refractivity contribution in [2.24, 2.45) is 0 Å². The summed E-state index contributed by atoms with van der Waals surface area (Å²) in [6, 6.07) is 13.7. The van der Waals surface area contributed by atoms with Crippen LogP contribution >= 0.6 is 11.6 Å². The Labute approximate surface area is 185 Å². The maximum absolute atomic E-state index is 13.1. The molecule has 1 fully saturated rings. The van der Waals surface area contributed by atoms with E-state index in [-0.39, 0.29) is 18.5 Å². The van der Waals surface area contributed by atoms with E-state index >= 15 is 0 Å². The van der Waals surface area contributed by atoms with Crippen LogP contribution in [0.15, 0.2) is 54.7 Å². The van der Waals surface area contributed by atoms with Crippen molar-refractivity contribution >= 4 is 17.5 Å². The highest BCUT2D eigenvalue weighted by atomic mass is 35.5. The number of rotatable bonds is 6. The van der Waals surface area contributed by atoms with Gasteiger partial charge in [0.2, 0.25) is 0 Å². The van der Waals surface area contributed by atoms with Gasteiger partial charge in [-0.3, -0.25) is 9.69 Å². The van der Waals surface area contributed by atoms with Gasteiger partial charge in [0.15, 0.2) is 12.4 Å². The summed E-state index contributed by atoms with van der Waals surface area (Å²) in [5.74, 6) is 0.386. The van der Waals surface area contributed by atoms with Gasteiger partial charge in [-0.25, -0.2) is 9.07 Å². The SMILES string of the molecule is Cc1cc(OCn2ccc(C(=O)N3CCN(Cc4ccc(F)cc4)CC3)n2)ccc1Cl. The predicted molar refractivity (Wildman–Crippen MR) is 117 cm³/mol. The van der Waals surface area contributed by atoms with E-state index < -0.39 is 0 Å². The minimum atomic E-state index is -0.229. The van der Waals surface area contributed by atoms with Gasteiger partial charge in [0.05, 0.1) is 0 Å². The smallest absolute Gasteiger partial charge is 0.274 e. The molecular formula is C23H24ClFN4O2. The van der Waals surface area contributed by atoms with Crippen LogP contribution in [0.25, 0.3) is 0 Å². The van der Waals surface area contributed by atoms with E-state index in [1.54, 1.807) is 41.2 Å². The molecule has 3 aromatic rings. The van der Waals surface area contributed by atoms with E-state index in [4.69, 9.17) is 16.3 Å². The number of ether oxygens (including phenoxy) is 1. The molecule has 2 aromatic carbocycles. The number of hydrogen-bond acceptors (Lipinski definition) is 4. The van der Waals surface area contributed by atoms with Crippen LogP contribution in [-0.2, 0) is 13.3 Å². The third-order valence-corrected chi connectivity index (χ3v) is 5.76. The number of nitrogens with zero attached hydrogens (tertiary/aromatic N) is 4. The number of aryl methyl sites for hydroxylation is 1. The molecule has 0 unspecified atom stereocenters. The van der Waals surface area contributed by atoms with Crippen molar-refractivity contribution in [3.05, 3.63) is 82.4 Å². The van der Waals surface area contributed by atoms with Crippen LogP contribution in [0.1, 0.15) is 21.6 Å². The highest BCUT2D eigenvalue weighted by molar-refractivity contribution is 6.31. The van der Waals surface area contributed by atoms with Gasteiger partial charge in [-0.05, 0) is 54.4 Å². The standard InChI is InChI=1S/C23H24ClFN4O2/c1-17-14-20(6-7-21(17)24)31-16-29-9-8-22(26-29)23(30)28-12-10-27(11-13-28)15-18-2-4-19(25)5-3-18/h2-9,14H,10-13,15-16H2,1H3. The predicted octanol–water partition coefficient (Wildman–Crippen LogP) is 3.98. The highest BCUT2D eigenvalue weighted by Gasteiger charge is 2.23. The lowest BCUT2D eigenvalue weighted by Crippen LogP contribution is -2.48. The zero-order valence-electron chi connectivity index (χ0n) is 17.3. The summed E-state index contributed by atoms with van der Waals surface area (Å²) in [6.07, 6.45) is 1.74. The number of carbonyl (C=O) groups excluding carboxylic acids is 1. The fraction of sp³-hybridized carbons (Fsp3) is 0.304. The second-order valence-electron chi connectivity index (χ2n) is 7.62. The third kappa shape index (κ3) is 5.42. The van der Waals surface area contributed by atoms with E-state index in [2.05, 4.69) is 10.00 Å². The van der Waals surface area contributed by atoms with Crippen molar-refractivity contribution in [1.82, 2.24) is 19.6 Å². The van der Waals surface area contributed by atoms with Crippen LogP contribution in [0.3, 0.4) is 0 Å². The molecule has 4 rings (SSSR count). The maximum Gasteiger partial charge on any atom is 0.274 e. The molecule has 1 aromatic heterocycles. The van der Waals surface area contributed by atoms with E-state index in [9.17, 15) is 9.18 Å². The number of benzene rings is 2. The van der Waals surface area contributed by atoms with E-state index in [1.165, 1.54) is 12.1 Å². The summed E-state index contributed by atoms with van der Waals surface area (Å²) in [4.78, 5) is 16.9. The number of piperazine rings is 1. The molecule has 31 heavy (non-hydrogen) atoms. The van der Waals surface area contributed by atoms with Crippen molar-refractivity contribution < 1.29 is 13.9 Å². The molecule has 0 aliphatic carbocycles. The molecule has 1 aliphatic heterocycles. The number of amides is 1. The van der Waals surface area contributed by atoms with Gasteiger partial charge in [0.25, 0.3) is 5.91 Å². The molecule has 1 aliphatic rings. The second kappa shape index (κ2) is 9.49. The number of aromatic nitrogens is 2. The average Bonchev–Trinajstić information content (AvgIpc) is 3.25. The molecule has 0 N–H and O–H groups in total. The van der Waals surface area contributed by atoms with Crippen LogP contribution in [0, 0.1) is 12.7 Å². The monoisotopic (exact) mass is 442 g/mol. The zero-order valence-corrected chi connectivity index (χ0v) is 18.1. The van der Waals surface area contributed by atoms with Gasteiger partial charge in [-0.1, -0.05) is 23.7 Å². The van der Waals surface area contributed by atoms with Crippen LogP contribution in [-0.4, -0.2) is 51.7 Å². The van der Waals surface area contributed by atoms with Gasteiger partial charge >= 0.3 is 0 Å². The number of carbonyl (C=O) groups is 1. The summed E-state index contributed by atoms with van der Waals surface area (Å²) >= 11 is 6.03. The topological polar surface area (TPSA) is 50.6 Å². The van der Waals surface area contributed by atoms with Gasteiger partial charge in [0.1, 0.15) is 11.6 Å². The Morgan fingerprint density at radius 1 is 1.10 bits per heavy atom. The van der Waals surface area contributed by atoms with Crippen LogP contribution in [0.4, 0.5) is 4.39 Å². The molecule has 1 saturated heterocycles. The Morgan fingerprint density at radius 3 is 2.55 bits per heavy atom. The van der Waals surface area contributed by atoms with Gasteiger partial charge < -0.3 is 9.64 Å². The molecule has 162 valence electrons. The summed E-state index contributed by atoms with van der Waals surface area (Å²) in [5, 5.41) is 5.05. The molecule has 0 bridgehead atoms. The summed E-state index contributed by atoms with van der Waals surface area (Å²) in [7, 11) is 0. The molecule has 0 saturated carbocycles. The van der Waals surface area contributed by atoms with Gasteiger partial charge in [0, 0.05) is 43.9 Å². The Balaban J connectivity index is 1.27. The summed E-state index contributed by atoms with van der Waals surface area (Å²) in [5.41, 5.74) is 2.41. The molecule has 1 amide bonds. The van der Waals surface area contributed by atoms with Crippen molar-refractivity contribution in [2.75, 3.05) is 26.2 Å². The lowest BCUT2D eigenvalue weighted by Gasteiger charge is -2.34. The molecule has 0 radical (unpaired) electrons. The molecular weight excluding hydrogens is 419 g/mol. The summed E-state index contributed by atoms with van der Waals surface area (Å²) in [6.45, 7) is 5.67. The van der Waals surface area contributed by atoms with Crippen LogP contribution in [0.2, 0.25) is 5.02 Å². The van der Waals surface area contributed by atoms with Gasteiger partial charge in [-0.2, -0.15) is 5.10 Å². The van der Waals surface area contributed by atoms with Crippen molar-refractivity contribution in [3.63, 3.8) is 0 Å². The summed E-state index contributed by atoms with van der Waals surface area (Å²) < 4.78 is 20.4. The molecule has 0 spiro atoms. The minimum Gasteiger partial charge on any atom is -0.471 e. The fourth-order valence-corrected chi connectivity index (χ4v) is 3.63. The Bertz CT molecular complexity index is 1050. The number of halogens is 2. The molecule has 8 heteroatoms. The first-order chi connectivity index (χ1) is 15.0. The van der Waals surface area contributed by atoms with Crippen molar-refractivity contribution in [2.45, 2.75) is 20.2 Å². The minimum absolute atomic E-state index is 0.0810. The largest absolute Gasteiger partial charge is 0.471 e. The van der Waals surface area contributed by atoms with E-state index in [0.29, 0.717) is 29.6 Å². The lowest BCUT2D eigenvalue weighted by atomic mass is 10.2. The van der Waals surface area contributed by atoms with Gasteiger partial charge in [-0.15, -0.1) is 0 Å². The molecule has 2 heterocycles. The quantitative estimate of drug-likeness (QED) is 0.579. The van der Waals surface area contributed by atoms with Crippen LogP contribution in [0.5, 0.6) is 5.75 Å². The third-order valence-electron chi connectivity index (χ3n) is 5.33. The lowest BCUT2D eigenvalue weighted by molar-refractivity contribution is 0.0620. The first-order valence-corrected chi connectivity index (χ1v) is 10.5. The zero-order chi connectivity index (χ0) is 21.8. The maximum atomic E-state index is 13.1. The Kier molecular flexibility index (Phi) is 6.53. The highest BCUT2D eigenvalue weighted by Crippen LogP contribution is 2.21. The average molecular weight is 443 g/mol. The van der Waals surface area contributed by atoms with Crippen molar-refractivity contribution in [1.29, 1.82) is 0 Å². The van der Waals surface area contributed by atoms with Crippen molar-refractivity contribution in [3.8, 4) is 5.75 Å².